The molecule has 4 N–H and O–H groups in total. The van der Waals surface area contributed by atoms with Gasteiger partial charge in [-0.05, 0) is 6.92 Å². The zero-order valence-corrected chi connectivity index (χ0v) is 11.6. The van der Waals surface area contributed by atoms with Crippen LogP contribution in [0.15, 0.2) is 6.33 Å². The van der Waals surface area contributed by atoms with Crippen molar-refractivity contribution < 1.29 is 23.7 Å². The number of nitrogen functional groups attached to an aromatic ring is 1. The van der Waals surface area contributed by atoms with Crippen molar-refractivity contribution in [1.82, 2.24) is 19.5 Å². The number of rotatable bonds is 3. The van der Waals surface area contributed by atoms with Crippen LogP contribution < -0.4 is 5.73 Å². The van der Waals surface area contributed by atoms with Gasteiger partial charge in [-0.15, -0.1) is 0 Å². The molecule has 1 saturated heterocycles. The molecule has 3 rings (SSSR count). The number of aromatic nitrogens is 4. The minimum atomic E-state index is -1.74. The number of hydrogen-bond donors (Lipinski definition) is 3. The smallest absolute Gasteiger partial charge is 0.312 e. The molecule has 1 aliphatic rings. The van der Waals surface area contributed by atoms with E-state index in [0.717, 1.165) is 0 Å². The largest absolute Gasteiger partial charge is 0.393 e. The van der Waals surface area contributed by atoms with E-state index in [1.165, 1.54) is 17.8 Å². The number of imidazole rings is 1. The Bertz CT molecular complexity index is 709. The lowest BCUT2D eigenvalue weighted by Crippen LogP contribution is -2.50. The number of aliphatic hydroxyl groups excluding tert-OH is 2. The van der Waals surface area contributed by atoms with Crippen LogP contribution >= 0.6 is 0 Å². The quantitative estimate of drug-likeness (QED) is 0.677. The predicted octanol–water partition coefficient (Wildman–Crippen LogP) is -0.0835. The monoisotopic (exact) mass is 315 g/mol. The van der Waals surface area contributed by atoms with E-state index in [-0.39, 0.29) is 23.4 Å². The Hall–Kier alpha value is -1.91. The van der Waals surface area contributed by atoms with Crippen molar-refractivity contribution in [3.63, 3.8) is 0 Å². The number of alkyl halides is 1. The zero-order chi connectivity index (χ0) is 16.1. The molecule has 8 nitrogen and oxygen atoms in total. The normalized spacial score (nSPS) is 30.0. The fraction of sp³-hybridized carbons (Fsp3) is 0.583. The van der Waals surface area contributed by atoms with Crippen LogP contribution in [0.3, 0.4) is 0 Å². The fourth-order valence-corrected chi connectivity index (χ4v) is 2.69. The maximum Gasteiger partial charge on any atom is 0.312 e. The molecule has 2 aromatic rings. The van der Waals surface area contributed by atoms with Crippen molar-refractivity contribution in [2.24, 2.45) is 0 Å². The third-order valence-corrected chi connectivity index (χ3v) is 4.00. The van der Waals surface area contributed by atoms with E-state index in [1.807, 2.05) is 0 Å². The van der Waals surface area contributed by atoms with Gasteiger partial charge in [-0.2, -0.15) is 14.4 Å². The molecule has 22 heavy (non-hydrogen) atoms. The van der Waals surface area contributed by atoms with E-state index in [4.69, 9.17) is 10.5 Å². The maximum absolute atomic E-state index is 13.8. The van der Waals surface area contributed by atoms with Gasteiger partial charge in [-0.25, -0.2) is 9.37 Å². The van der Waals surface area contributed by atoms with Gasteiger partial charge in [-0.1, -0.05) is 0 Å². The average Bonchev–Trinajstić information content (AvgIpc) is 3.00. The fourth-order valence-electron chi connectivity index (χ4n) is 2.69. The Labute approximate surface area is 123 Å². The predicted molar refractivity (Wildman–Crippen MR) is 70.8 cm³/mol. The number of ether oxygens (including phenoxy) is 1. The molecule has 2 aromatic heterocycles. The molecular weight excluding hydrogens is 300 g/mol. The van der Waals surface area contributed by atoms with Gasteiger partial charge in [0.1, 0.15) is 12.4 Å². The lowest BCUT2D eigenvalue weighted by molar-refractivity contribution is -0.159. The van der Waals surface area contributed by atoms with Gasteiger partial charge >= 0.3 is 6.08 Å². The van der Waals surface area contributed by atoms with Gasteiger partial charge < -0.3 is 20.7 Å². The van der Waals surface area contributed by atoms with Crippen LogP contribution in [0.5, 0.6) is 0 Å². The summed E-state index contributed by atoms with van der Waals surface area (Å²) in [5, 5.41) is 19.5. The van der Waals surface area contributed by atoms with Crippen molar-refractivity contribution >= 4 is 17.0 Å². The summed E-state index contributed by atoms with van der Waals surface area (Å²) < 4.78 is 34.0. The molecule has 0 unspecified atom stereocenters. The SMILES string of the molecule is C[C@@H](F)[C@]1(CO)O[C@@H](n2cnc3c(N)nc(F)nc32)C[C@@H]1O. The van der Waals surface area contributed by atoms with Crippen molar-refractivity contribution in [3.8, 4) is 0 Å². The van der Waals surface area contributed by atoms with E-state index in [9.17, 15) is 19.0 Å². The summed E-state index contributed by atoms with van der Waals surface area (Å²) in [4.78, 5) is 10.9. The van der Waals surface area contributed by atoms with Crippen LogP contribution in [0.25, 0.3) is 11.2 Å². The number of aliphatic hydroxyl groups is 2. The number of halogens is 2. The second kappa shape index (κ2) is 5.07. The highest BCUT2D eigenvalue weighted by molar-refractivity contribution is 5.81. The van der Waals surface area contributed by atoms with Gasteiger partial charge in [0.15, 0.2) is 22.6 Å². The van der Waals surface area contributed by atoms with Crippen molar-refractivity contribution in [2.45, 2.75) is 37.4 Å². The minimum Gasteiger partial charge on any atom is -0.393 e. The Morgan fingerprint density at radius 2 is 2.32 bits per heavy atom. The third kappa shape index (κ3) is 2.02. The molecule has 0 amide bonds. The Morgan fingerprint density at radius 1 is 1.59 bits per heavy atom. The van der Waals surface area contributed by atoms with E-state index in [1.54, 1.807) is 0 Å². The first kappa shape index (κ1) is 15.0. The highest BCUT2D eigenvalue weighted by Crippen LogP contribution is 2.40. The summed E-state index contributed by atoms with van der Waals surface area (Å²) in [7, 11) is 0. The van der Waals surface area contributed by atoms with E-state index in [0.29, 0.717) is 0 Å². The van der Waals surface area contributed by atoms with Crippen LogP contribution in [0.4, 0.5) is 14.6 Å². The number of fused-ring (bicyclic) bond motifs is 1. The van der Waals surface area contributed by atoms with Gasteiger partial charge in [0, 0.05) is 6.42 Å². The summed E-state index contributed by atoms with van der Waals surface area (Å²) in [6.07, 6.45) is -3.45. The molecular formula is C12H15F2N5O3. The van der Waals surface area contributed by atoms with Crippen LogP contribution in [-0.2, 0) is 4.74 Å². The molecule has 3 heterocycles. The van der Waals surface area contributed by atoms with Gasteiger partial charge in [0.2, 0.25) is 0 Å². The van der Waals surface area contributed by atoms with E-state index < -0.39 is 36.8 Å². The molecule has 1 fully saturated rings. The minimum absolute atomic E-state index is 0.00813. The molecule has 0 bridgehead atoms. The van der Waals surface area contributed by atoms with Crippen LogP contribution in [0.1, 0.15) is 19.6 Å². The third-order valence-electron chi connectivity index (χ3n) is 4.00. The van der Waals surface area contributed by atoms with Gasteiger partial charge in [0.25, 0.3) is 0 Å². The van der Waals surface area contributed by atoms with Crippen LogP contribution in [0, 0.1) is 6.08 Å². The molecule has 1 aliphatic heterocycles. The average molecular weight is 315 g/mol. The molecule has 4 atom stereocenters. The maximum atomic E-state index is 13.8. The molecule has 0 spiro atoms. The summed E-state index contributed by atoms with van der Waals surface area (Å²) >= 11 is 0. The van der Waals surface area contributed by atoms with Gasteiger partial charge in [0.05, 0.1) is 19.0 Å². The Balaban J connectivity index is 2.03. The van der Waals surface area contributed by atoms with Crippen LogP contribution in [0.2, 0.25) is 0 Å². The van der Waals surface area contributed by atoms with Crippen molar-refractivity contribution in [2.75, 3.05) is 12.3 Å². The van der Waals surface area contributed by atoms with E-state index >= 15 is 0 Å². The number of nitrogens with two attached hydrogens (primary N) is 1. The first-order chi connectivity index (χ1) is 10.4. The standard InChI is InChI=1S/C12H15F2N5O3/c1-5(13)12(3-20)6(21)2-7(22-12)19-4-16-8-9(15)17-11(14)18-10(8)19/h4-7,20-21H,2-3H2,1H3,(H2,15,17,18)/t5-,6+,7-,12+/m1/s1. The van der Waals surface area contributed by atoms with E-state index in [2.05, 4.69) is 15.0 Å². The van der Waals surface area contributed by atoms with Crippen molar-refractivity contribution in [3.05, 3.63) is 12.4 Å². The highest BCUT2D eigenvalue weighted by atomic mass is 19.1. The van der Waals surface area contributed by atoms with Crippen molar-refractivity contribution in [1.29, 1.82) is 0 Å². The van der Waals surface area contributed by atoms with Gasteiger partial charge in [-0.3, -0.25) is 4.57 Å². The summed E-state index contributed by atoms with van der Waals surface area (Å²) in [6, 6.07) is 0. The molecule has 0 aromatic carbocycles. The molecule has 120 valence electrons. The summed E-state index contributed by atoms with van der Waals surface area (Å²) in [6.45, 7) is 0.494. The number of nitrogens with zero attached hydrogens (tertiary/aromatic N) is 4. The first-order valence-electron chi connectivity index (χ1n) is 6.65. The number of hydrogen-bond acceptors (Lipinski definition) is 7. The van der Waals surface area contributed by atoms with Crippen LogP contribution in [-0.4, -0.2) is 54.2 Å². The lowest BCUT2D eigenvalue weighted by atomic mass is 9.93. The summed E-state index contributed by atoms with van der Waals surface area (Å²) in [5.41, 5.74) is 4.08. The zero-order valence-electron chi connectivity index (χ0n) is 11.6. The Morgan fingerprint density at radius 3 is 2.91 bits per heavy atom. The topological polar surface area (TPSA) is 119 Å². The first-order valence-corrected chi connectivity index (χ1v) is 6.65. The molecule has 0 radical (unpaired) electrons. The number of anilines is 1. The second-order valence-electron chi connectivity index (χ2n) is 5.26. The highest BCUT2D eigenvalue weighted by Gasteiger charge is 2.53. The Kier molecular flexibility index (Phi) is 3.46. The lowest BCUT2D eigenvalue weighted by Gasteiger charge is -2.31. The molecule has 10 heteroatoms. The molecule has 0 aliphatic carbocycles. The second-order valence-corrected chi connectivity index (χ2v) is 5.26. The summed E-state index contributed by atoms with van der Waals surface area (Å²) in [5.74, 6) is -0.132. The molecule has 0 saturated carbocycles.